The number of aromatic hydroxyl groups is 1. The molecule has 2 rings (SSSR count). The molecular formula is C20H21BrFN2O7P. The zero-order chi connectivity index (χ0) is 24.0. The van der Waals surface area contributed by atoms with Gasteiger partial charge in [0.2, 0.25) is 0 Å². The van der Waals surface area contributed by atoms with E-state index in [2.05, 4.69) is 25.7 Å². The normalized spacial score (nSPS) is 13.6. The summed E-state index contributed by atoms with van der Waals surface area (Å²) in [5, 5.41) is 10.2. The zero-order valence-corrected chi connectivity index (χ0v) is 20.1. The Labute approximate surface area is 193 Å². The molecule has 0 aliphatic heterocycles. The number of hydrogen-bond donors (Lipinski definition) is 1. The molecule has 12 heteroatoms. The van der Waals surface area contributed by atoms with Crippen molar-refractivity contribution >= 4 is 36.4 Å². The Morgan fingerprint density at radius 2 is 2.06 bits per heavy atom. The summed E-state index contributed by atoms with van der Waals surface area (Å²) < 4.78 is 34.3. The van der Waals surface area contributed by atoms with Crippen LogP contribution in [0.5, 0.6) is 11.5 Å². The molecule has 1 aromatic carbocycles. The third kappa shape index (κ3) is 6.77. The Balaban J connectivity index is 2.43. The standard InChI is InChI=1S/C20H21BrFN2O7P/c1-10(2)29-19(27)12(4)24-32(28)31-20(30-17-6-5-13(21)7-16(17)22)14-8-23-11(3)18(26)15(14)9-25/h5-10,12,20,26H,1-4H3/t12-,20?/m0/s1. The van der Waals surface area contributed by atoms with Crippen LogP contribution in [-0.4, -0.2) is 34.5 Å². The molecule has 0 saturated carbocycles. The van der Waals surface area contributed by atoms with Gasteiger partial charge in [0.1, 0.15) is 5.75 Å². The summed E-state index contributed by atoms with van der Waals surface area (Å²) in [7, 11) is -2.90. The number of aryl methyl sites for hydroxylation is 1. The molecule has 1 aromatic heterocycles. The first-order valence-electron chi connectivity index (χ1n) is 9.34. The molecule has 9 nitrogen and oxygen atoms in total. The number of carbonyl (C=O) groups is 2. The number of carbonyl (C=O) groups excluding carboxylic acids is 2. The molecule has 1 N–H and O–H groups in total. The topological polar surface area (TPSA) is 130 Å². The highest BCUT2D eigenvalue weighted by atomic mass is 79.9. The van der Waals surface area contributed by atoms with Crippen molar-refractivity contribution in [2.75, 3.05) is 0 Å². The molecule has 172 valence electrons. The summed E-state index contributed by atoms with van der Waals surface area (Å²) in [6, 6.07) is 2.79. The fourth-order valence-corrected chi connectivity index (χ4v) is 3.48. The third-order valence-electron chi connectivity index (χ3n) is 3.95. The quantitative estimate of drug-likeness (QED) is 0.222. The molecular weight excluding hydrogens is 510 g/mol. The number of esters is 1. The molecule has 0 amide bonds. The fraction of sp³-hybridized carbons (Fsp3) is 0.350. The average molecular weight is 531 g/mol. The van der Waals surface area contributed by atoms with Crippen molar-refractivity contribution in [3.8, 4) is 11.5 Å². The molecule has 3 atom stereocenters. The maximum atomic E-state index is 14.3. The number of ether oxygens (including phenoxy) is 2. The molecule has 0 radical (unpaired) electrons. The van der Waals surface area contributed by atoms with Crippen LogP contribution in [0.2, 0.25) is 0 Å². The second-order valence-corrected chi connectivity index (χ2v) is 8.66. The first-order valence-corrected chi connectivity index (χ1v) is 11.3. The molecule has 0 bridgehead atoms. The smallest absolute Gasteiger partial charge is 0.346 e. The molecule has 0 aliphatic rings. The molecule has 2 unspecified atom stereocenters. The van der Waals surface area contributed by atoms with Gasteiger partial charge in [0.25, 0.3) is 6.29 Å². The van der Waals surface area contributed by atoms with Crippen LogP contribution in [-0.2, 0) is 14.1 Å². The number of aromatic nitrogens is 1. The van der Waals surface area contributed by atoms with E-state index in [-0.39, 0.29) is 22.6 Å². The minimum atomic E-state index is -2.90. The minimum absolute atomic E-state index is 0.110. The van der Waals surface area contributed by atoms with Crippen molar-refractivity contribution in [1.82, 2.24) is 4.98 Å². The molecule has 0 aliphatic carbocycles. The predicted octanol–water partition coefficient (Wildman–Crippen LogP) is 4.10. The first-order chi connectivity index (χ1) is 15.0. The van der Waals surface area contributed by atoms with Gasteiger partial charge in [-0.05, 0) is 45.9 Å². The van der Waals surface area contributed by atoms with E-state index in [9.17, 15) is 24.0 Å². The lowest BCUT2D eigenvalue weighted by atomic mass is 10.1. The number of pyridine rings is 1. The van der Waals surface area contributed by atoms with E-state index in [4.69, 9.17) is 14.0 Å². The maximum absolute atomic E-state index is 14.3. The molecule has 0 saturated heterocycles. The summed E-state index contributed by atoms with van der Waals surface area (Å²) in [5.41, 5.74) is -0.194. The number of benzene rings is 1. The highest BCUT2D eigenvalue weighted by Gasteiger charge is 2.29. The van der Waals surface area contributed by atoms with E-state index in [0.717, 1.165) is 6.07 Å². The van der Waals surface area contributed by atoms with E-state index < -0.39 is 44.1 Å². The number of halogens is 2. The number of rotatable bonds is 9. The number of hydrogen-bond acceptors (Lipinski definition) is 9. The highest BCUT2D eigenvalue weighted by molar-refractivity contribution is 9.10. The van der Waals surface area contributed by atoms with Crippen molar-refractivity contribution in [2.24, 2.45) is 4.74 Å². The summed E-state index contributed by atoms with van der Waals surface area (Å²) in [4.78, 5) is 40.0. The van der Waals surface area contributed by atoms with Gasteiger partial charge in [-0.25, -0.2) is 9.18 Å². The van der Waals surface area contributed by atoms with Crippen molar-refractivity contribution in [2.45, 2.75) is 46.1 Å². The molecule has 32 heavy (non-hydrogen) atoms. The van der Waals surface area contributed by atoms with Gasteiger partial charge in [-0.1, -0.05) is 20.7 Å². The minimum Gasteiger partial charge on any atom is -0.583 e. The zero-order valence-electron chi connectivity index (χ0n) is 17.6. The fourth-order valence-electron chi connectivity index (χ4n) is 2.40. The van der Waals surface area contributed by atoms with Crippen LogP contribution in [0.3, 0.4) is 0 Å². The number of nitrogens with zero attached hydrogens (tertiary/aromatic N) is 2. The van der Waals surface area contributed by atoms with Gasteiger partial charge in [-0.2, -0.15) is 0 Å². The lowest BCUT2D eigenvalue weighted by molar-refractivity contribution is -0.189. The Hall–Kier alpha value is -2.46. The molecule has 0 fully saturated rings. The number of aldehydes is 1. The third-order valence-corrected chi connectivity index (χ3v) is 5.35. The molecule has 2 aromatic rings. The van der Waals surface area contributed by atoms with Crippen LogP contribution < -0.4 is 9.63 Å². The summed E-state index contributed by atoms with van der Waals surface area (Å²) in [5.74, 6) is -2.21. The summed E-state index contributed by atoms with van der Waals surface area (Å²) in [6.07, 6.45) is -0.540. The maximum Gasteiger partial charge on any atom is 0.346 e. The highest BCUT2D eigenvalue weighted by Crippen LogP contribution is 2.37. The van der Waals surface area contributed by atoms with E-state index in [0.29, 0.717) is 10.8 Å². The Morgan fingerprint density at radius 3 is 2.66 bits per heavy atom. The van der Waals surface area contributed by atoms with Crippen LogP contribution in [0.1, 0.15) is 48.7 Å². The Kier molecular flexibility index (Phi) is 9.21. The van der Waals surface area contributed by atoms with Gasteiger partial charge in [-0.15, -0.1) is 4.52 Å². The van der Waals surface area contributed by atoms with E-state index in [1.54, 1.807) is 13.8 Å². The van der Waals surface area contributed by atoms with Crippen LogP contribution >= 0.6 is 24.1 Å². The largest absolute Gasteiger partial charge is 0.583 e. The summed E-state index contributed by atoms with van der Waals surface area (Å²) >= 11 is 3.12. The van der Waals surface area contributed by atoms with E-state index in [1.807, 2.05) is 0 Å². The molecule has 1 heterocycles. The average Bonchev–Trinajstić information content (AvgIpc) is 2.70. The second kappa shape index (κ2) is 11.4. The van der Waals surface area contributed by atoms with Crippen LogP contribution in [0.4, 0.5) is 4.39 Å². The van der Waals surface area contributed by atoms with Crippen molar-refractivity contribution < 1.29 is 38.0 Å². The van der Waals surface area contributed by atoms with Crippen LogP contribution in [0.15, 0.2) is 33.6 Å². The predicted molar refractivity (Wildman–Crippen MR) is 115 cm³/mol. The SMILES string of the molecule is Cc1ncc(C(Oc2ccc(Br)cc2F)O[P+]([O-])=N[C@@H](C)C(=O)OC(C)C)c(C=O)c1O. The monoisotopic (exact) mass is 530 g/mol. The Bertz CT molecular complexity index is 1040. The Morgan fingerprint density at radius 1 is 1.38 bits per heavy atom. The van der Waals surface area contributed by atoms with Gasteiger partial charge in [0.15, 0.2) is 23.9 Å². The van der Waals surface area contributed by atoms with Gasteiger partial charge in [0.05, 0.1) is 22.9 Å². The lowest BCUT2D eigenvalue weighted by Crippen LogP contribution is -2.22. The molecule has 0 spiro atoms. The van der Waals surface area contributed by atoms with E-state index in [1.165, 1.54) is 32.2 Å². The van der Waals surface area contributed by atoms with Gasteiger partial charge < -0.3 is 19.5 Å². The first kappa shape index (κ1) is 25.8. The van der Waals surface area contributed by atoms with Crippen molar-refractivity contribution in [3.05, 3.63) is 51.5 Å². The van der Waals surface area contributed by atoms with Crippen molar-refractivity contribution in [3.63, 3.8) is 0 Å². The van der Waals surface area contributed by atoms with Crippen molar-refractivity contribution in [1.29, 1.82) is 0 Å². The van der Waals surface area contributed by atoms with Crippen LogP contribution in [0, 0.1) is 12.7 Å². The lowest BCUT2D eigenvalue weighted by Gasteiger charge is -2.18. The van der Waals surface area contributed by atoms with Gasteiger partial charge in [0, 0.05) is 10.7 Å². The van der Waals surface area contributed by atoms with Gasteiger partial charge >= 0.3 is 14.1 Å². The summed E-state index contributed by atoms with van der Waals surface area (Å²) in [6.45, 7) is 6.13. The van der Waals surface area contributed by atoms with Gasteiger partial charge in [-0.3, -0.25) is 9.78 Å². The van der Waals surface area contributed by atoms with E-state index >= 15 is 0 Å². The second-order valence-electron chi connectivity index (χ2n) is 6.82. The van der Waals surface area contributed by atoms with Crippen LogP contribution in [0.25, 0.3) is 0 Å².